The fraction of sp³-hybridized carbons (Fsp3) is 0.333. The molecule has 18 heavy (non-hydrogen) atoms. The van der Waals surface area contributed by atoms with Gasteiger partial charge in [-0.05, 0) is 41.1 Å². The first-order valence-electron chi connectivity index (χ1n) is 5.20. The number of carbonyl (C=O) groups is 2. The first-order valence-corrected chi connectivity index (χ1v) is 5.99. The number of esters is 1. The Morgan fingerprint density at radius 1 is 1.39 bits per heavy atom. The van der Waals surface area contributed by atoms with Crippen LogP contribution in [0.4, 0.5) is 4.39 Å². The second kappa shape index (κ2) is 5.95. The molecule has 98 valence electrons. The molecule has 1 atom stereocenters. The molecular weight excluding hydrogens is 305 g/mol. The van der Waals surface area contributed by atoms with E-state index in [0.29, 0.717) is 4.47 Å². The molecule has 1 aromatic carbocycles. The average Bonchev–Trinajstić information content (AvgIpc) is 2.30. The van der Waals surface area contributed by atoms with Crippen LogP contribution in [-0.2, 0) is 9.53 Å². The van der Waals surface area contributed by atoms with Gasteiger partial charge in [0.15, 0.2) is 6.10 Å². The zero-order valence-corrected chi connectivity index (χ0v) is 11.8. The fourth-order valence-corrected chi connectivity index (χ4v) is 1.70. The summed E-state index contributed by atoms with van der Waals surface area (Å²) >= 11 is 3.12. The number of hydrogen-bond acceptors (Lipinski definition) is 3. The van der Waals surface area contributed by atoms with Crippen LogP contribution in [0.2, 0.25) is 0 Å². The zero-order chi connectivity index (χ0) is 13.9. The Labute approximate surface area is 113 Å². The highest BCUT2D eigenvalue weighted by atomic mass is 79.9. The Balaban J connectivity index is 2.83. The summed E-state index contributed by atoms with van der Waals surface area (Å²) in [5.74, 6) is -1.63. The zero-order valence-electron chi connectivity index (χ0n) is 10.2. The highest BCUT2D eigenvalue weighted by Crippen LogP contribution is 2.19. The van der Waals surface area contributed by atoms with Crippen molar-refractivity contribution in [2.24, 2.45) is 0 Å². The van der Waals surface area contributed by atoms with Crippen LogP contribution in [0.15, 0.2) is 22.7 Å². The molecule has 0 aliphatic heterocycles. The van der Waals surface area contributed by atoms with Crippen LogP contribution >= 0.6 is 15.9 Å². The number of halogens is 2. The minimum atomic E-state index is -0.914. The van der Waals surface area contributed by atoms with E-state index in [0.717, 1.165) is 6.07 Å². The molecule has 4 nitrogen and oxygen atoms in total. The maximum Gasteiger partial charge on any atom is 0.340 e. The minimum Gasteiger partial charge on any atom is -0.449 e. The molecule has 0 spiro atoms. The van der Waals surface area contributed by atoms with Gasteiger partial charge in [-0.15, -0.1) is 0 Å². The quantitative estimate of drug-likeness (QED) is 0.803. The molecule has 0 N–H and O–H groups in total. The molecule has 0 heterocycles. The van der Waals surface area contributed by atoms with E-state index < -0.39 is 17.9 Å². The van der Waals surface area contributed by atoms with Crippen LogP contribution in [0, 0.1) is 5.82 Å². The molecule has 0 aliphatic rings. The van der Waals surface area contributed by atoms with E-state index >= 15 is 0 Å². The summed E-state index contributed by atoms with van der Waals surface area (Å²) in [6.45, 7) is 1.47. The molecule has 1 unspecified atom stereocenters. The SMILES string of the molecule is CC(OC(=O)c1cc(F)ccc1Br)C(=O)N(C)C. The number of likely N-dealkylation sites (N-methyl/N-ethyl adjacent to an activating group) is 1. The van der Waals surface area contributed by atoms with Crippen LogP contribution in [0.1, 0.15) is 17.3 Å². The van der Waals surface area contributed by atoms with E-state index in [-0.39, 0.29) is 11.5 Å². The Hall–Kier alpha value is -1.43. The van der Waals surface area contributed by atoms with E-state index in [1.165, 1.54) is 24.0 Å². The van der Waals surface area contributed by atoms with Crippen LogP contribution in [0.3, 0.4) is 0 Å². The van der Waals surface area contributed by atoms with E-state index in [1.54, 1.807) is 14.1 Å². The fourth-order valence-electron chi connectivity index (χ4n) is 1.29. The lowest BCUT2D eigenvalue weighted by molar-refractivity contribution is -0.137. The predicted molar refractivity (Wildman–Crippen MR) is 67.7 cm³/mol. The van der Waals surface area contributed by atoms with Gasteiger partial charge < -0.3 is 9.64 Å². The van der Waals surface area contributed by atoms with Gasteiger partial charge in [0, 0.05) is 18.6 Å². The number of amides is 1. The molecule has 0 saturated carbocycles. The third-order valence-corrected chi connectivity index (χ3v) is 2.91. The first kappa shape index (κ1) is 14.6. The summed E-state index contributed by atoms with van der Waals surface area (Å²) in [7, 11) is 3.12. The predicted octanol–water partition coefficient (Wildman–Crippen LogP) is 2.22. The second-order valence-corrected chi connectivity index (χ2v) is 4.76. The summed E-state index contributed by atoms with van der Waals surface area (Å²) in [6, 6.07) is 3.68. The molecule has 0 aliphatic carbocycles. The Bertz CT molecular complexity index is 476. The van der Waals surface area contributed by atoms with Crippen molar-refractivity contribution in [1.82, 2.24) is 4.90 Å². The van der Waals surface area contributed by atoms with Gasteiger partial charge in [-0.3, -0.25) is 4.79 Å². The molecule has 6 heteroatoms. The lowest BCUT2D eigenvalue weighted by Crippen LogP contribution is -2.35. The van der Waals surface area contributed by atoms with Crippen LogP contribution in [0.25, 0.3) is 0 Å². The number of nitrogens with zero attached hydrogens (tertiary/aromatic N) is 1. The molecule has 1 rings (SSSR count). The van der Waals surface area contributed by atoms with Gasteiger partial charge in [0.1, 0.15) is 5.82 Å². The van der Waals surface area contributed by atoms with Crippen LogP contribution < -0.4 is 0 Å². The Morgan fingerprint density at radius 2 is 2.00 bits per heavy atom. The summed E-state index contributed by atoms with van der Waals surface area (Å²) in [5, 5.41) is 0. The first-order chi connectivity index (χ1) is 8.32. The maximum atomic E-state index is 13.0. The molecule has 0 bridgehead atoms. The van der Waals surface area contributed by atoms with Crippen molar-refractivity contribution < 1.29 is 18.7 Å². The highest BCUT2D eigenvalue weighted by Gasteiger charge is 2.21. The van der Waals surface area contributed by atoms with Crippen molar-refractivity contribution in [2.75, 3.05) is 14.1 Å². The molecule has 0 saturated heterocycles. The van der Waals surface area contributed by atoms with E-state index in [1.807, 2.05) is 0 Å². The molecule has 0 radical (unpaired) electrons. The van der Waals surface area contributed by atoms with Gasteiger partial charge in [0.25, 0.3) is 5.91 Å². The van der Waals surface area contributed by atoms with Crippen molar-refractivity contribution in [3.63, 3.8) is 0 Å². The topological polar surface area (TPSA) is 46.6 Å². The van der Waals surface area contributed by atoms with Gasteiger partial charge in [-0.2, -0.15) is 0 Å². The smallest absolute Gasteiger partial charge is 0.340 e. The van der Waals surface area contributed by atoms with Crippen molar-refractivity contribution in [3.05, 3.63) is 34.1 Å². The van der Waals surface area contributed by atoms with E-state index in [9.17, 15) is 14.0 Å². The highest BCUT2D eigenvalue weighted by molar-refractivity contribution is 9.10. The van der Waals surface area contributed by atoms with Crippen molar-refractivity contribution >= 4 is 27.8 Å². The maximum absolute atomic E-state index is 13.0. The Kier molecular flexibility index (Phi) is 4.84. The number of rotatable bonds is 3. The summed E-state index contributed by atoms with van der Waals surface area (Å²) in [4.78, 5) is 24.6. The molecule has 0 fully saturated rings. The van der Waals surface area contributed by atoms with Gasteiger partial charge in [0.2, 0.25) is 0 Å². The lowest BCUT2D eigenvalue weighted by Gasteiger charge is -2.17. The molecule has 1 aromatic rings. The number of ether oxygens (including phenoxy) is 1. The molecule has 1 amide bonds. The van der Waals surface area contributed by atoms with Gasteiger partial charge in [0.05, 0.1) is 5.56 Å². The minimum absolute atomic E-state index is 0.0495. The molecule has 0 aromatic heterocycles. The van der Waals surface area contributed by atoms with E-state index in [2.05, 4.69) is 15.9 Å². The van der Waals surface area contributed by atoms with Crippen LogP contribution in [-0.4, -0.2) is 37.0 Å². The Morgan fingerprint density at radius 3 is 2.56 bits per heavy atom. The van der Waals surface area contributed by atoms with Gasteiger partial charge in [-0.1, -0.05) is 0 Å². The third-order valence-electron chi connectivity index (χ3n) is 2.22. The summed E-state index contributed by atoms with van der Waals surface area (Å²) < 4.78 is 18.4. The number of hydrogen-bond donors (Lipinski definition) is 0. The van der Waals surface area contributed by atoms with Crippen molar-refractivity contribution in [2.45, 2.75) is 13.0 Å². The summed E-state index contributed by atoms with van der Waals surface area (Å²) in [6.07, 6.45) is -0.914. The van der Waals surface area contributed by atoms with Gasteiger partial charge in [-0.25, -0.2) is 9.18 Å². The lowest BCUT2D eigenvalue weighted by atomic mass is 10.2. The van der Waals surface area contributed by atoms with E-state index in [4.69, 9.17) is 4.74 Å². The molecular formula is C12H13BrFNO3. The number of benzene rings is 1. The van der Waals surface area contributed by atoms with Gasteiger partial charge >= 0.3 is 5.97 Å². The summed E-state index contributed by atoms with van der Waals surface area (Å²) in [5.41, 5.74) is 0.0495. The monoisotopic (exact) mass is 317 g/mol. The van der Waals surface area contributed by atoms with Crippen molar-refractivity contribution in [3.8, 4) is 0 Å². The standard InChI is InChI=1S/C12H13BrFNO3/c1-7(11(16)15(2)3)18-12(17)9-6-8(14)4-5-10(9)13/h4-7H,1-3H3. The normalized spacial score (nSPS) is 11.8. The third kappa shape index (κ3) is 3.53. The number of carbonyl (C=O) groups excluding carboxylic acids is 2. The van der Waals surface area contributed by atoms with Crippen LogP contribution in [0.5, 0.6) is 0 Å². The van der Waals surface area contributed by atoms with Crippen molar-refractivity contribution in [1.29, 1.82) is 0 Å². The largest absolute Gasteiger partial charge is 0.449 e. The average molecular weight is 318 g/mol. The second-order valence-electron chi connectivity index (χ2n) is 3.90.